The Hall–Kier alpha value is -14.9. The van der Waals surface area contributed by atoms with Crippen molar-refractivity contribution < 1.29 is 85.1 Å². The molecule has 12 aromatic rings. The molecule has 4 fully saturated rings. The Balaban J connectivity index is 0.000000183. The summed E-state index contributed by atoms with van der Waals surface area (Å²) < 4.78 is 61.8. The number of hydrogen-bond donors (Lipinski definition) is 9. The van der Waals surface area contributed by atoms with Gasteiger partial charge < -0.3 is 84.7 Å². The van der Waals surface area contributed by atoms with Crippen LogP contribution in [0.2, 0.25) is 0 Å². The van der Waals surface area contributed by atoms with Gasteiger partial charge in [0, 0.05) is 37.3 Å². The van der Waals surface area contributed by atoms with E-state index >= 15 is 0 Å². The summed E-state index contributed by atoms with van der Waals surface area (Å²) in [6, 6.07) is 48.9. The quantitative estimate of drug-likeness (QED) is 0.0285. The maximum atomic E-state index is 14.0. The molecule has 0 aliphatic carbocycles. The fraction of sp³-hybridized carbons (Fsp3) is 0.356. The minimum Gasteiger partial charge on any atom is -0.479 e. The van der Waals surface area contributed by atoms with Gasteiger partial charge in [-0.1, -0.05) is 167 Å². The van der Waals surface area contributed by atoms with Crippen molar-refractivity contribution >= 4 is 75.7 Å². The van der Waals surface area contributed by atoms with Crippen LogP contribution in [0.4, 0.5) is 37.1 Å². The Kier molecular flexibility index (Phi) is 29.9. The van der Waals surface area contributed by atoms with Gasteiger partial charge in [-0.25, -0.2) is 48.7 Å². The summed E-state index contributed by atoms with van der Waals surface area (Å²) in [7, 11) is 4.89. The Morgan fingerprint density at radius 1 is 0.393 bits per heavy atom. The number of H-pyrrole nitrogens is 4. The predicted molar refractivity (Wildman–Crippen MR) is 500 cm³/mol. The zero-order valence-corrected chi connectivity index (χ0v) is 77.1. The maximum Gasteiger partial charge on any atom is 0.416 e. The van der Waals surface area contributed by atoms with Gasteiger partial charge in [-0.2, -0.15) is 13.2 Å². The molecule has 135 heavy (non-hydrogen) atoms. The number of likely N-dealkylation sites (tertiary alicyclic amines) is 4. The standard InChI is InChI=1S/C48H52N8O6.C42H49N7O5.C11H10F3NO4/c1-28(2)41(53-47(59)61-4)45(57)55-21-7-11-39(55)44-50-27-38(52-44)35-20-19-33-24-32(17-18-34(33)25-35)30-13-15-31(16-14-30)37-26-49-43(51-37)40-12-8-22-56(40)46(58)42(54-48(60)62-5)36-10-6-9-29(3)23-36;1-25(2)36(47-40(51)53-6)39(50)48-19-7-9-34(48)37-44-24-33(46-37)31-18-17-29-21-28(15-16-30(29)22-31)26-11-13-27(14-12-26)32-23-43-38(45-32)35-10-8-20-49(35)41(52)54-42(3,4)5;1-19-10(18)15-8(9(16)17)6-3-2-4-7(5-6)11(12,13)14/h6,9-10,13-20,23-28,39-42H,7-8,11-12,21-22H2,1-5H3,(H,49,51)(H,50,52)(H,53,59)(H,54,60);11-18,21-25,34-36H,7-10,19-20H2,1-6H3,(H,43,45)(H,44,46)(H,47,51);2-5,8H,1H3,(H,15,18)(H,16,17)/t39-,40-,41-,42?;34-,35-,36-;/m00./s1. The molecule has 4 aliphatic rings. The number of alkyl halides is 3. The number of carbonyl (C=O) groups excluding carboxylic acids is 8. The van der Waals surface area contributed by atoms with E-state index in [9.17, 15) is 56.3 Å². The second-order valence-electron chi connectivity index (χ2n) is 35.6. The number of methoxy groups -OCH3 is 4. The van der Waals surface area contributed by atoms with E-state index in [1.165, 1.54) is 27.4 Å². The molecule has 16 rings (SSSR count). The fourth-order valence-electron chi connectivity index (χ4n) is 17.6. The molecular weight excluding hydrogens is 1730 g/mol. The van der Waals surface area contributed by atoms with Gasteiger partial charge in [0.25, 0.3) is 5.91 Å². The number of aliphatic carboxylic acids is 1. The van der Waals surface area contributed by atoms with Gasteiger partial charge in [-0.3, -0.25) is 19.3 Å². The molecule has 0 bridgehead atoms. The highest BCUT2D eigenvalue weighted by molar-refractivity contribution is 5.94. The number of rotatable bonds is 22. The summed E-state index contributed by atoms with van der Waals surface area (Å²) in [5.74, 6) is 0.770. The van der Waals surface area contributed by atoms with E-state index in [0.29, 0.717) is 43.6 Å². The van der Waals surface area contributed by atoms with E-state index in [1.54, 1.807) is 9.80 Å². The number of alkyl carbamates (subject to hydrolysis) is 4. The molecule has 9 N–H and O–H groups in total. The van der Waals surface area contributed by atoms with Crippen molar-refractivity contribution in [1.29, 1.82) is 0 Å². The molecule has 34 heteroatoms. The van der Waals surface area contributed by atoms with Gasteiger partial charge in [0.05, 0.1) is 106 Å². The second kappa shape index (κ2) is 41.9. The lowest BCUT2D eigenvalue weighted by Crippen LogP contribution is -2.51. The number of aromatic nitrogens is 8. The molecule has 8 amide bonds. The van der Waals surface area contributed by atoms with Crippen molar-refractivity contribution in [1.82, 2.24) is 80.7 Å². The number of fused-ring (bicyclic) bond motifs is 2. The average molecular weight is 1850 g/mol. The molecule has 0 radical (unpaired) electrons. The second-order valence-corrected chi connectivity index (χ2v) is 35.6. The molecule has 8 heterocycles. The zero-order valence-electron chi connectivity index (χ0n) is 77.1. The number of hydrogen-bond acceptors (Lipinski definition) is 18. The highest BCUT2D eigenvalue weighted by Gasteiger charge is 2.43. The molecule has 8 aromatic carbocycles. The number of aryl methyl sites for hydroxylation is 1. The molecule has 706 valence electrons. The minimum atomic E-state index is -4.59. The lowest BCUT2D eigenvalue weighted by atomic mass is 9.98. The minimum absolute atomic E-state index is 0.0963. The van der Waals surface area contributed by atoms with E-state index < -0.39 is 71.9 Å². The Morgan fingerprint density at radius 2 is 0.711 bits per heavy atom. The third-order valence-electron chi connectivity index (χ3n) is 24.6. The van der Waals surface area contributed by atoms with Crippen molar-refractivity contribution in [2.45, 2.75) is 167 Å². The molecule has 0 saturated carbocycles. The van der Waals surface area contributed by atoms with Crippen LogP contribution in [0.15, 0.2) is 195 Å². The Labute approximate surface area is 778 Å². The lowest BCUT2D eigenvalue weighted by molar-refractivity contribution is -0.140. The van der Waals surface area contributed by atoms with Crippen molar-refractivity contribution in [3.8, 4) is 67.3 Å². The number of halogens is 3. The van der Waals surface area contributed by atoms with Crippen LogP contribution >= 0.6 is 0 Å². The summed E-state index contributed by atoms with van der Waals surface area (Å²) in [6.07, 6.45) is 6.04. The number of nitrogens with zero attached hydrogens (tertiary/aromatic N) is 8. The number of carboxylic acids is 1. The van der Waals surface area contributed by atoms with E-state index in [4.69, 9.17) is 39.0 Å². The number of carbonyl (C=O) groups is 9. The topological polar surface area (TPSA) is 396 Å². The third kappa shape index (κ3) is 22.7. The molecule has 8 atom stereocenters. The third-order valence-corrected chi connectivity index (χ3v) is 24.6. The molecule has 31 nitrogen and oxygen atoms in total. The molecule has 2 unspecified atom stereocenters. The van der Waals surface area contributed by atoms with Crippen molar-refractivity contribution in [2.24, 2.45) is 11.8 Å². The average Bonchev–Trinajstić information content (AvgIpc) is 1.71. The molecule has 4 saturated heterocycles. The van der Waals surface area contributed by atoms with E-state index in [-0.39, 0.29) is 65.4 Å². The van der Waals surface area contributed by atoms with Crippen molar-refractivity contribution in [3.63, 3.8) is 0 Å². The first-order valence-electron chi connectivity index (χ1n) is 44.9. The summed E-state index contributed by atoms with van der Waals surface area (Å²) in [6.45, 7) is 17.6. The first-order chi connectivity index (χ1) is 64.6. The number of amides is 8. The maximum absolute atomic E-state index is 14.0. The van der Waals surface area contributed by atoms with Crippen LogP contribution in [0.1, 0.15) is 182 Å². The molecular formula is C101H111F3N16O15. The van der Waals surface area contributed by atoms with Crippen LogP contribution in [0.3, 0.4) is 0 Å². The molecule has 0 spiro atoms. The van der Waals surface area contributed by atoms with E-state index in [2.05, 4.69) is 167 Å². The number of benzene rings is 8. The smallest absolute Gasteiger partial charge is 0.416 e. The van der Waals surface area contributed by atoms with Crippen LogP contribution in [-0.4, -0.2) is 191 Å². The largest absolute Gasteiger partial charge is 0.479 e. The first-order valence-corrected chi connectivity index (χ1v) is 44.9. The van der Waals surface area contributed by atoms with Crippen LogP contribution in [0.25, 0.3) is 88.8 Å². The summed E-state index contributed by atoms with van der Waals surface area (Å²) in [5, 5.41) is 23.4. The zero-order chi connectivity index (χ0) is 96.3. The number of carboxylic acid groups (broad SMARTS) is 1. The number of imidazole rings is 4. The Morgan fingerprint density at radius 3 is 1.07 bits per heavy atom. The van der Waals surface area contributed by atoms with Gasteiger partial charge in [0.2, 0.25) is 11.8 Å². The van der Waals surface area contributed by atoms with Gasteiger partial charge in [0.1, 0.15) is 47.0 Å². The summed E-state index contributed by atoms with van der Waals surface area (Å²) in [4.78, 5) is 152. The van der Waals surface area contributed by atoms with Crippen molar-refractivity contribution in [2.75, 3.05) is 54.6 Å². The van der Waals surface area contributed by atoms with Gasteiger partial charge in [-0.05, 0) is 193 Å². The SMILES string of the molecule is COC(=O)NC(C(=O)N1CCC[C@H]1c1ncc(-c2ccc(-c3ccc4cc(-c5cnc([C@@H]6CCCN6C(=O)[C@@H](NC(=O)OC)C(C)C)[nH]5)ccc4c3)cc2)[nH]1)c1cccc(C)c1.COC(=O)NC(C(=O)O)c1cccc(C(F)(F)F)c1.COC(=O)N[C@H](C(=O)N1CCC[C@H]1c1ncc(-c2ccc3cc(-c4ccc(-c5cnc([C@@H]6CCCN6C(=O)OC(C)(C)C)[nH]5)cc4)ccc3c2)[nH]1)C(C)C. The van der Waals surface area contributed by atoms with Gasteiger partial charge in [-0.15, -0.1) is 0 Å². The van der Waals surface area contributed by atoms with Crippen molar-refractivity contribution in [3.05, 3.63) is 240 Å². The van der Waals surface area contributed by atoms with Gasteiger partial charge >= 0.3 is 42.6 Å². The Bertz CT molecular complexity index is 6300. The highest BCUT2D eigenvalue weighted by atomic mass is 19.4. The van der Waals surface area contributed by atoms with Crippen LogP contribution in [-0.2, 0) is 49.0 Å². The fourth-order valence-corrected chi connectivity index (χ4v) is 17.6. The summed E-state index contributed by atoms with van der Waals surface area (Å²) >= 11 is 0. The number of nitrogens with one attached hydrogen (secondary N) is 8. The summed E-state index contributed by atoms with van der Waals surface area (Å²) in [5.41, 5.74) is 11.8. The van der Waals surface area contributed by atoms with E-state index in [1.807, 2.05) is 120 Å². The molecule has 4 aromatic heterocycles. The normalized spacial score (nSPS) is 16.9. The number of aromatic amines is 4. The predicted octanol–water partition coefficient (Wildman–Crippen LogP) is 19.0. The molecule has 4 aliphatic heterocycles. The van der Waals surface area contributed by atoms with Crippen LogP contribution < -0.4 is 21.3 Å². The lowest BCUT2D eigenvalue weighted by Gasteiger charge is -2.30. The van der Waals surface area contributed by atoms with E-state index in [0.717, 1.165) is 182 Å². The van der Waals surface area contributed by atoms with Crippen LogP contribution in [0.5, 0.6) is 0 Å². The van der Waals surface area contributed by atoms with Crippen LogP contribution in [0, 0.1) is 18.8 Å². The first kappa shape index (κ1) is 96.2. The highest BCUT2D eigenvalue weighted by Crippen LogP contribution is 2.41. The van der Waals surface area contributed by atoms with Gasteiger partial charge in [0.15, 0.2) is 6.04 Å². The monoisotopic (exact) mass is 1840 g/mol. The number of ether oxygens (including phenoxy) is 5.